The standard InChI is InChI=1S/C16H23NO4/c1-16(2)9-13(7-8-21-16)17-15(19)11-20-14-5-3-12(10-18)4-6-14/h3-6,13,18H,7-11H2,1-2H3,(H,17,19)/t13-/m0/s1. The van der Waals surface area contributed by atoms with Crippen LogP contribution in [0.5, 0.6) is 5.75 Å². The molecule has 5 nitrogen and oxygen atoms in total. The predicted octanol–water partition coefficient (Wildman–Crippen LogP) is 1.63. The largest absolute Gasteiger partial charge is 0.484 e. The lowest BCUT2D eigenvalue weighted by atomic mass is 9.94. The van der Waals surface area contributed by atoms with Crippen LogP contribution in [-0.4, -0.2) is 35.9 Å². The molecule has 0 unspecified atom stereocenters. The highest BCUT2D eigenvalue weighted by molar-refractivity contribution is 5.77. The Kier molecular flexibility index (Phi) is 5.20. The summed E-state index contributed by atoms with van der Waals surface area (Å²) in [5.74, 6) is 0.499. The number of hydrogen-bond acceptors (Lipinski definition) is 4. The third-order valence-corrected chi connectivity index (χ3v) is 3.54. The first kappa shape index (κ1) is 15.8. The molecule has 2 rings (SSSR count). The van der Waals surface area contributed by atoms with Crippen LogP contribution < -0.4 is 10.1 Å². The maximum absolute atomic E-state index is 11.9. The molecule has 116 valence electrons. The topological polar surface area (TPSA) is 67.8 Å². The van der Waals surface area contributed by atoms with Gasteiger partial charge in [0.2, 0.25) is 0 Å². The molecular weight excluding hydrogens is 270 g/mol. The molecule has 0 radical (unpaired) electrons. The van der Waals surface area contributed by atoms with Crippen molar-refractivity contribution in [2.75, 3.05) is 13.2 Å². The van der Waals surface area contributed by atoms with Crippen LogP contribution in [0.15, 0.2) is 24.3 Å². The van der Waals surface area contributed by atoms with Crippen molar-refractivity contribution in [3.05, 3.63) is 29.8 Å². The maximum atomic E-state index is 11.9. The van der Waals surface area contributed by atoms with Crippen molar-refractivity contribution in [2.45, 2.75) is 44.9 Å². The predicted molar refractivity (Wildman–Crippen MR) is 79.1 cm³/mol. The molecule has 2 N–H and O–H groups in total. The lowest BCUT2D eigenvalue weighted by Gasteiger charge is -2.35. The van der Waals surface area contributed by atoms with Crippen LogP contribution in [0.3, 0.4) is 0 Å². The number of ether oxygens (including phenoxy) is 2. The summed E-state index contributed by atoms with van der Waals surface area (Å²) in [7, 11) is 0. The Labute approximate surface area is 125 Å². The molecule has 1 amide bonds. The van der Waals surface area contributed by atoms with Gasteiger partial charge in [-0.3, -0.25) is 4.79 Å². The van der Waals surface area contributed by atoms with E-state index in [1.165, 1.54) is 0 Å². The third-order valence-electron chi connectivity index (χ3n) is 3.54. The molecule has 1 atom stereocenters. The molecule has 21 heavy (non-hydrogen) atoms. The molecule has 0 saturated carbocycles. The number of rotatable bonds is 5. The van der Waals surface area contributed by atoms with E-state index in [9.17, 15) is 4.79 Å². The van der Waals surface area contributed by atoms with Crippen LogP contribution in [0.2, 0.25) is 0 Å². The normalized spacial score (nSPS) is 20.8. The van der Waals surface area contributed by atoms with Crippen molar-refractivity contribution in [3.63, 3.8) is 0 Å². The first-order valence-electron chi connectivity index (χ1n) is 7.24. The molecule has 1 fully saturated rings. The summed E-state index contributed by atoms with van der Waals surface area (Å²) < 4.78 is 11.1. The van der Waals surface area contributed by atoms with Gasteiger partial charge in [-0.1, -0.05) is 12.1 Å². The molecule has 0 aliphatic carbocycles. The first-order valence-corrected chi connectivity index (χ1v) is 7.24. The van der Waals surface area contributed by atoms with Gasteiger partial charge in [0.1, 0.15) is 5.75 Å². The van der Waals surface area contributed by atoms with Crippen LogP contribution >= 0.6 is 0 Å². The summed E-state index contributed by atoms with van der Waals surface area (Å²) in [5, 5.41) is 11.9. The number of benzene rings is 1. The zero-order valence-electron chi connectivity index (χ0n) is 12.6. The number of carbonyl (C=O) groups is 1. The van der Waals surface area contributed by atoms with Gasteiger partial charge in [0, 0.05) is 12.6 Å². The zero-order chi connectivity index (χ0) is 15.3. The van der Waals surface area contributed by atoms with E-state index in [2.05, 4.69) is 5.32 Å². The summed E-state index contributed by atoms with van der Waals surface area (Å²) >= 11 is 0. The molecule has 0 spiro atoms. The van der Waals surface area contributed by atoms with Gasteiger partial charge in [0.05, 0.1) is 12.2 Å². The number of hydrogen-bond donors (Lipinski definition) is 2. The van der Waals surface area contributed by atoms with Gasteiger partial charge in [-0.2, -0.15) is 0 Å². The second-order valence-corrected chi connectivity index (χ2v) is 5.96. The van der Waals surface area contributed by atoms with Crippen LogP contribution in [-0.2, 0) is 16.1 Å². The number of carbonyl (C=O) groups excluding carboxylic acids is 1. The monoisotopic (exact) mass is 293 g/mol. The van der Waals surface area contributed by atoms with Crippen molar-refractivity contribution in [1.82, 2.24) is 5.32 Å². The summed E-state index contributed by atoms with van der Waals surface area (Å²) in [5.41, 5.74) is 0.633. The molecule has 0 bridgehead atoms. The van der Waals surface area contributed by atoms with Gasteiger partial charge in [-0.25, -0.2) is 0 Å². The van der Waals surface area contributed by atoms with Crippen molar-refractivity contribution >= 4 is 5.91 Å². The van der Waals surface area contributed by atoms with Crippen molar-refractivity contribution in [2.24, 2.45) is 0 Å². The van der Waals surface area contributed by atoms with E-state index in [0.29, 0.717) is 12.4 Å². The molecule has 1 aromatic carbocycles. The minimum Gasteiger partial charge on any atom is -0.484 e. The smallest absolute Gasteiger partial charge is 0.258 e. The minimum absolute atomic E-state index is 0.000300. The molecule has 1 aromatic rings. The van der Waals surface area contributed by atoms with E-state index in [0.717, 1.165) is 18.4 Å². The van der Waals surface area contributed by atoms with Gasteiger partial charge < -0.3 is 19.9 Å². The van der Waals surface area contributed by atoms with Crippen LogP contribution in [0.25, 0.3) is 0 Å². The minimum atomic E-state index is -0.183. The fourth-order valence-corrected chi connectivity index (χ4v) is 2.46. The van der Waals surface area contributed by atoms with Crippen LogP contribution in [0.4, 0.5) is 0 Å². The molecule has 1 aliphatic rings. The van der Waals surface area contributed by atoms with E-state index in [4.69, 9.17) is 14.6 Å². The van der Waals surface area contributed by atoms with E-state index < -0.39 is 0 Å². The van der Waals surface area contributed by atoms with Gasteiger partial charge in [0.25, 0.3) is 5.91 Å². The summed E-state index contributed by atoms with van der Waals surface area (Å²) in [6.45, 7) is 4.73. The molecule has 1 aliphatic heterocycles. The summed E-state index contributed by atoms with van der Waals surface area (Å²) in [6.07, 6.45) is 1.64. The number of aliphatic hydroxyl groups is 1. The number of nitrogens with one attached hydrogen (secondary N) is 1. The Balaban J connectivity index is 1.76. The fraction of sp³-hybridized carbons (Fsp3) is 0.562. The van der Waals surface area contributed by atoms with E-state index >= 15 is 0 Å². The second-order valence-electron chi connectivity index (χ2n) is 5.96. The highest BCUT2D eigenvalue weighted by atomic mass is 16.5. The molecule has 5 heteroatoms. The lowest BCUT2D eigenvalue weighted by Crippen LogP contribution is -2.47. The Morgan fingerprint density at radius 2 is 2.14 bits per heavy atom. The summed E-state index contributed by atoms with van der Waals surface area (Å²) in [4.78, 5) is 11.9. The average Bonchev–Trinajstić information content (AvgIpc) is 2.44. The average molecular weight is 293 g/mol. The van der Waals surface area contributed by atoms with E-state index in [1.807, 2.05) is 13.8 Å². The zero-order valence-corrected chi connectivity index (χ0v) is 12.6. The molecule has 1 heterocycles. The van der Waals surface area contributed by atoms with E-state index in [1.54, 1.807) is 24.3 Å². The van der Waals surface area contributed by atoms with Gasteiger partial charge in [-0.15, -0.1) is 0 Å². The second kappa shape index (κ2) is 6.91. The Morgan fingerprint density at radius 1 is 1.43 bits per heavy atom. The van der Waals surface area contributed by atoms with Gasteiger partial charge in [0.15, 0.2) is 6.61 Å². The highest BCUT2D eigenvalue weighted by Gasteiger charge is 2.29. The van der Waals surface area contributed by atoms with Gasteiger partial charge >= 0.3 is 0 Å². The fourth-order valence-electron chi connectivity index (χ4n) is 2.46. The van der Waals surface area contributed by atoms with Crippen molar-refractivity contribution < 1.29 is 19.4 Å². The maximum Gasteiger partial charge on any atom is 0.258 e. The lowest BCUT2D eigenvalue weighted by molar-refractivity contribution is -0.126. The SMILES string of the molecule is CC1(C)C[C@@H](NC(=O)COc2ccc(CO)cc2)CCO1. The highest BCUT2D eigenvalue weighted by Crippen LogP contribution is 2.23. The Morgan fingerprint density at radius 3 is 2.76 bits per heavy atom. The van der Waals surface area contributed by atoms with Crippen LogP contribution in [0, 0.1) is 0 Å². The Hall–Kier alpha value is -1.59. The Bertz CT molecular complexity index is 470. The van der Waals surface area contributed by atoms with Crippen LogP contribution in [0.1, 0.15) is 32.3 Å². The van der Waals surface area contributed by atoms with Crippen molar-refractivity contribution in [1.29, 1.82) is 0 Å². The summed E-state index contributed by atoms with van der Waals surface area (Å²) in [6, 6.07) is 7.18. The number of amides is 1. The van der Waals surface area contributed by atoms with E-state index in [-0.39, 0.29) is 30.8 Å². The van der Waals surface area contributed by atoms with Crippen molar-refractivity contribution in [3.8, 4) is 5.75 Å². The quantitative estimate of drug-likeness (QED) is 0.866. The number of aliphatic hydroxyl groups excluding tert-OH is 1. The molecule has 0 aromatic heterocycles. The van der Waals surface area contributed by atoms with Gasteiger partial charge in [-0.05, 0) is 44.4 Å². The third kappa shape index (κ3) is 5.02. The first-order chi connectivity index (χ1) is 9.98. The molecule has 1 saturated heterocycles. The molecular formula is C16H23NO4.